The minimum Gasteiger partial charge on any atom is -0.299 e. The highest BCUT2D eigenvalue weighted by atomic mass is 19.4. The molecule has 2 N–H and O–H groups in total. The van der Waals surface area contributed by atoms with E-state index >= 15 is 0 Å². The van der Waals surface area contributed by atoms with Crippen LogP contribution in [-0.2, 0) is 16.1 Å². The zero-order valence-corrected chi connectivity index (χ0v) is 16.4. The first-order chi connectivity index (χ1) is 14.6. The second kappa shape index (κ2) is 8.50. The van der Waals surface area contributed by atoms with Gasteiger partial charge in [0, 0.05) is 11.6 Å². The summed E-state index contributed by atoms with van der Waals surface area (Å²) in [7, 11) is 0. The highest BCUT2D eigenvalue weighted by molar-refractivity contribution is 5.97. The molecule has 0 aliphatic carbocycles. The average Bonchev–Trinajstić information content (AvgIpc) is 2.71. The SMILES string of the molecule is CC(C)C(=O)Nc1nc2ncc(CN(C(=O)C(F)(F)F)c3ccccc3)nc2c(=O)[nH]1. The molecule has 0 fully saturated rings. The first-order valence-electron chi connectivity index (χ1n) is 9.07. The summed E-state index contributed by atoms with van der Waals surface area (Å²) in [6.45, 7) is 2.74. The number of aromatic nitrogens is 4. The van der Waals surface area contributed by atoms with Gasteiger partial charge in [-0.2, -0.15) is 18.2 Å². The van der Waals surface area contributed by atoms with Crippen LogP contribution in [0.15, 0.2) is 41.3 Å². The summed E-state index contributed by atoms with van der Waals surface area (Å²) in [5.74, 6) is -2.95. The summed E-state index contributed by atoms with van der Waals surface area (Å²) in [6.07, 6.45) is -3.99. The monoisotopic (exact) mass is 434 g/mol. The zero-order valence-electron chi connectivity index (χ0n) is 16.4. The first-order valence-corrected chi connectivity index (χ1v) is 9.07. The minimum absolute atomic E-state index is 0.00509. The van der Waals surface area contributed by atoms with Gasteiger partial charge in [-0.25, -0.2) is 9.97 Å². The van der Waals surface area contributed by atoms with Crippen molar-refractivity contribution in [2.75, 3.05) is 10.2 Å². The number of para-hydroxylation sites is 1. The normalized spacial score (nSPS) is 11.5. The van der Waals surface area contributed by atoms with Gasteiger partial charge in [0.15, 0.2) is 11.2 Å². The lowest BCUT2D eigenvalue weighted by Gasteiger charge is -2.23. The number of alkyl halides is 3. The number of carbonyl (C=O) groups is 2. The summed E-state index contributed by atoms with van der Waals surface area (Å²) in [6, 6.07) is 7.25. The number of amides is 2. The molecular weight excluding hydrogens is 417 g/mol. The largest absolute Gasteiger partial charge is 0.471 e. The maximum absolute atomic E-state index is 13.1. The van der Waals surface area contributed by atoms with Crippen molar-refractivity contribution in [1.29, 1.82) is 0 Å². The number of nitrogens with one attached hydrogen (secondary N) is 2. The van der Waals surface area contributed by atoms with Crippen LogP contribution in [0.5, 0.6) is 0 Å². The van der Waals surface area contributed by atoms with E-state index in [9.17, 15) is 27.6 Å². The maximum Gasteiger partial charge on any atom is 0.471 e. The molecule has 0 saturated carbocycles. The van der Waals surface area contributed by atoms with Crippen LogP contribution in [0.4, 0.5) is 24.8 Å². The summed E-state index contributed by atoms with van der Waals surface area (Å²) in [5, 5.41) is 2.42. The van der Waals surface area contributed by atoms with Crippen LogP contribution >= 0.6 is 0 Å². The predicted molar refractivity (Wildman–Crippen MR) is 105 cm³/mol. The topological polar surface area (TPSA) is 121 Å². The van der Waals surface area contributed by atoms with Gasteiger partial charge in [-0.15, -0.1) is 0 Å². The van der Waals surface area contributed by atoms with E-state index in [0.29, 0.717) is 4.90 Å². The summed E-state index contributed by atoms with van der Waals surface area (Å²) < 4.78 is 39.3. The number of rotatable bonds is 5. The second-order valence-electron chi connectivity index (χ2n) is 6.82. The van der Waals surface area contributed by atoms with Crippen LogP contribution in [-0.4, -0.2) is 37.9 Å². The molecular formula is C19H17F3N6O3. The fourth-order valence-electron chi connectivity index (χ4n) is 2.55. The maximum atomic E-state index is 13.1. The molecule has 3 aromatic rings. The van der Waals surface area contributed by atoms with Crippen LogP contribution in [0, 0.1) is 5.92 Å². The van der Waals surface area contributed by atoms with Crippen LogP contribution in [0.2, 0.25) is 0 Å². The number of halogens is 3. The van der Waals surface area contributed by atoms with Crippen molar-refractivity contribution >= 4 is 34.6 Å². The van der Waals surface area contributed by atoms with E-state index in [0.717, 1.165) is 6.20 Å². The average molecular weight is 434 g/mol. The zero-order chi connectivity index (χ0) is 22.8. The number of H-pyrrole nitrogens is 1. The second-order valence-corrected chi connectivity index (χ2v) is 6.82. The third-order valence-corrected chi connectivity index (χ3v) is 4.11. The van der Waals surface area contributed by atoms with E-state index in [-0.39, 0.29) is 40.3 Å². The first kappa shape index (κ1) is 21.9. The van der Waals surface area contributed by atoms with E-state index < -0.39 is 24.2 Å². The van der Waals surface area contributed by atoms with Crippen LogP contribution in [0.1, 0.15) is 19.5 Å². The number of benzene rings is 1. The molecule has 0 aliphatic rings. The molecule has 12 heteroatoms. The predicted octanol–water partition coefficient (Wildman–Crippen LogP) is 2.40. The lowest BCUT2D eigenvalue weighted by atomic mass is 10.2. The van der Waals surface area contributed by atoms with E-state index in [4.69, 9.17) is 0 Å². The van der Waals surface area contributed by atoms with Gasteiger partial charge in [-0.1, -0.05) is 32.0 Å². The highest BCUT2D eigenvalue weighted by Crippen LogP contribution is 2.25. The Morgan fingerprint density at radius 1 is 1.16 bits per heavy atom. The molecule has 0 bridgehead atoms. The van der Waals surface area contributed by atoms with E-state index in [1.807, 2.05) is 0 Å². The number of anilines is 2. The molecule has 0 unspecified atom stereocenters. The Bertz CT molecular complexity index is 1180. The van der Waals surface area contributed by atoms with E-state index in [1.165, 1.54) is 24.3 Å². The fraction of sp³-hybridized carbons (Fsp3) is 0.263. The molecule has 2 amide bonds. The Labute approximate surface area is 173 Å². The van der Waals surface area contributed by atoms with Gasteiger partial charge >= 0.3 is 12.1 Å². The molecule has 3 rings (SSSR count). The quantitative estimate of drug-likeness (QED) is 0.636. The van der Waals surface area contributed by atoms with E-state index in [2.05, 4.69) is 25.3 Å². The van der Waals surface area contributed by atoms with Gasteiger partial charge in [0.2, 0.25) is 11.9 Å². The smallest absolute Gasteiger partial charge is 0.299 e. The Kier molecular flexibility index (Phi) is 5.99. The van der Waals surface area contributed by atoms with Gasteiger partial charge < -0.3 is 0 Å². The Hall–Kier alpha value is -3.83. The lowest BCUT2D eigenvalue weighted by Crippen LogP contribution is -2.41. The highest BCUT2D eigenvalue weighted by Gasteiger charge is 2.43. The van der Waals surface area contributed by atoms with Gasteiger partial charge in [0.25, 0.3) is 5.56 Å². The van der Waals surface area contributed by atoms with Crippen molar-refractivity contribution in [3.8, 4) is 0 Å². The van der Waals surface area contributed by atoms with Crippen molar-refractivity contribution in [3.05, 3.63) is 52.6 Å². The van der Waals surface area contributed by atoms with Crippen molar-refractivity contribution in [2.45, 2.75) is 26.6 Å². The number of hydrogen-bond acceptors (Lipinski definition) is 6. The lowest BCUT2D eigenvalue weighted by molar-refractivity contribution is -0.170. The summed E-state index contributed by atoms with van der Waals surface area (Å²) in [5.41, 5.74) is -1.15. The summed E-state index contributed by atoms with van der Waals surface area (Å²) in [4.78, 5) is 50.8. The number of carbonyl (C=O) groups excluding carboxylic acids is 2. The summed E-state index contributed by atoms with van der Waals surface area (Å²) >= 11 is 0. The van der Waals surface area contributed by atoms with Crippen molar-refractivity contribution in [1.82, 2.24) is 19.9 Å². The molecule has 0 saturated heterocycles. The number of nitrogens with zero attached hydrogens (tertiary/aromatic N) is 4. The molecule has 1 aromatic carbocycles. The van der Waals surface area contributed by atoms with Crippen LogP contribution in [0.25, 0.3) is 11.2 Å². The molecule has 2 heterocycles. The van der Waals surface area contributed by atoms with Gasteiger partial charge in [-0.3, -0.25) is 29.6 Å². The molecule has 0 spiro atoms. The number of hydrogen-bond donors (Lipinski definition) is 2. The van der Waals surface area contributed by atoms with Crippen LogP contribution < -0.4 is 15.8 Å². The van der Waals surface area contributed by atoms with Gasteiger partial charge in [-0.05, 0) is 12.1 Å². The van der Waals surface area contributed by atoms with Crippen molar-refractivity contribution in [3.63, 3.8) is 0 Å². The molecule has 162 valence electrons. The number of aromatic amines is 1. The molecule has 0 aliphatic heterocycles. The molecule has 0 atom stereocenters. The standard InChI is InChI=1S/C19H17F3N6O3/c1-10(2)15(29)26-18-25-14-13(16(30)27-18)24-11(8-23-14)9-28(17(31)19(20,21)22)12-6-4-3-5-7-12/h3-8,10H,9H2,1-2H3,(H2,23,25,26,27,29,30). The Morgan fingerprint density at radius 3 is 2.45 bits per heavy atom. The minimum atomic E-state index is -5.11. The van der Waals surface area contributed by atoms with Crippen molar-refractivity contribution in [2.24, 2.45) is 5.92 Å². The molecule has 2 aromatic heterocycles. The van der Waals surface area contributed by atoms with Crippen molar-refractivity contribution < 1.29 is 22.8 Å². The Balaban J connectivity index is 1.96. The van der Waals surface area contributed by atoms with E-state index in [1.54, 1.807) is 19.9 Å². The van der Waals surface area contributed by atoms with Gasteiger partial charge in [0.1, 0.15) is 0 Å². The molecule has 9 nitrogen and oxygen atoms in total. The van der Waals surface area contributed by atoms with Crippen LogP contribution in [0.3, 0.4) is 0 Å². The molecule has 0 radical (unpaired) electrons. The molecule has 31 heavy (non-hydrogen) atoms. The Morgan fingerprint density at radius 2 is 1.84 bits per heavy atom. The third-order valence-electron chi connectivity index (χ3n) is 4.11. The third kappa shape index (κ3) is 5.02. The fourth-order valence-corrected chi connectivity index (χ4v) is 2.55. The number of fused-ring (bicyclic) bond motifs is 1. The van der Waals surface area contributed by atoms with Gasteiger partial charge in [0.05, 0.1) is 18.4 Å².